The lowest BCUT2D eigenvalue weighted by atomic mass is 9.77. The van der Waals surface area contributed by atoms with Gasteiger partial charge in [-0.2, -0.15) is 0 Å². The second-order valence-electron chi connectivity index (χ2n) is 8.74. The van der Waals surface area contributed by atoms with Crippen molar-refractivity contribution in [3.05, 3.63) is 59.7 Å². The average Bonchev–Trinajstić information content (AvgIpc) is 3.47. The molecular formula is C24H26F3NO3. The van der Waals surface area contributed by atoms with Crippen molar-refractivity contribution in [3.8, 4) is 11.5 Å². The molecule has 0 bridgehead atoms. The maximum absolute atomic E-state index is 12.8. The number of rotatable bonds is 5. The van der Waals surface area contributed by atoms with Crippen molar-refractivity contribution in [2.75, 3.05) is 13.2 Å². The molecule has 2 heterocycles. The van der Waals surface area contributed by atoms with Crippen LogP contribution in [0.15, 0.2) is 48.5 Å². The molecule has 2 aromatic rings. The Kier molecular flexibility index (Phi) is 5.34. The molecule has 3 atom stereocenters. The molecule has 2 aliphatic heterocycles. The van der Waals surface area contributed by atoms with Crippen LogP contribution < -0.4 is 14.8 Å². The molecule has 166 valence electrons. The van der Waals surface area contributed by atoms with Crippen LogP contribution in [0, 0.1) is 0 Å². The first-order chi connectivity index (χ1) is 14.9. The van der Waals surface area contributed by atoms with E-state index in [1.54, 1.807) is 6.07 Å². The number of nitrogens with one attached hydrogen (secondary N) is 1. The maximum atomic E-state index is 12.8. The molecule has 1 spiro atoms. The number of benzene rings is 2. The van der Waals surface area contributed by atoms with Gasteiger partial charge in [-0.1, -0.05) is 30.3 Å². The molecular weight excluding hydrogens is 409 g/mol. The average molecular weight is 435 g/mol. The zero-order chi connectivity index (χ0) is 21.5. The van der Waals surface area contributed by atoms with Gasteiger partial charge in [0.05, 0.1) is 24.4 Å². The van der Waals surface area contributed by atoms with Gasteiger partial charge < -0.3 is 19.5 Å². The van der Waals surface area contributed by atoms with Crippen molar-refractivity contribution < 1.29 is 27.4 Å². The molecule has 4 nitrogen and oxygen atoms in total. The molecule has 5 rings (SSSR count). The monoisotopic (exact) mass is 435 g/mol. The van der Waals surface area contributed by atoms with E-state index in [0.717, 1.165) is 44.2 Å². The Morgan fingerprint density at radius 3 is 2.61 bits per heavy atom. The fraction of sp³-hybridized carbons (Fsp3) is 0.500. The molecule has 7 heteroatoms. The van der Waals surface area contributed by atoms with Crippen LogP contribution in [-0.4, -0.2) is 31.2 Å². The summed E-state index contributed by atoms with van der Waals surface area (Å²) in [4.78, 5) is 0. The molecule has 31 heavy (non-hydrogen) atoms. The van der Waals surface area contributed by atoms with E-state index in [1.165, 1.54) is 17.7 Å². The second-order valence-corrected chi connectivity index (χ2v) is 8.74. The number of hydrogen-bond donors (Lipinski definition) is 1. The fourth-order valence-electron chi connectivity index (χ4n) is 4.92. The Balaban J connectivity index is 1.44. The molecule has 2 aromatic carbocycles. The minimum absolute atomic E-state index is 0.0508. The van der Waals surface area contributed by atoms with Crippen LogP contribution in [-0.2, 0) is 4.74 Å². The molecule has 1 N–H and O–H groups in total. The van der Waals surface area contributed by atoms with Crippen molar-refractivity contribution in [2.45, 2.75) is 62.1 Å². The fourth-order valence-corrected chi connectivity index (χ4v) is 4.92. The summed E-state index contributed by atoms with van der Waals surface area (Å²) >= 11 is 0. The minimum atomic E-state index is -4.73. The highest BCUT2D eigenvalue weighted by Crippen LogP contribution is 2.50. The number of alkyl halides is 3. The standard InChI is InChI=1S/C24H26F3NO3/c25-24(26,27)31-19-9-10-21(30-18-7-8-18)20(13-19)17-14-23(29-15-17)11-4-12-28-22(23)16-5-2-1-3-6-16/h1-3,5-6,9-10,13,17-18,22,28H,4,7-8,11-12,14-15H2/t17-,22-,23+/m0/s1/i24+2. The van der Waals surface area contributed by atoms with E-state index in [2.05, 4.69) is 22.2 Å². The van der Waals surface area contributed by atoms with Gasteiger partial charge in [0.2, 0.25) is 0 Å². The first kappa shape index (κ1) is 20.6. The van der Waals surface area contributed by atoms with Crippen LogP contribution in [0.5, 0.6) is 11.5 Å². The summed E-state index contributed by atoms with van der Waals surface area (Å²) in [5.74, 6) is 0.368. The van der Waals surface area contributed by atoms with Crippen LogP contribution in [0.3, 0.4) is 0 Å². The third kappa shape index (κ3) is 4.53. The SMILES string of the molecule is F[14C](F)(F)Oc1ccc(OC2CC2)c([C@@H]2CO[C@]3(CCCN[C@H]3c3ccccc3)C2)c1. The van der Waals surface area contributed by atoms with Gasteiger partial charge in [0.1, 0.15) is 11.5 Å². The number of halogens is 3. The molecule has 0 radical (unpaired) electrons. The Morgan fingerprint density at radius 2 is 1.87 bits per heavy atom. The summed E-state index contributed by atoms with van der Waals surface area (Å²) in [6.45, 7) is 1.36. The minimum Gasteiger partial charge on any atom is -0.490 e. The highest BCUT2D eigenvalue weighted by atomic mass is 19.6. The van der Waals surface area contributed by atoms with E-state index in [9.17, 15) is 13.2 Å². The zero-order valence-electron chi connectivity index (χ0n) is 17.2. The predicted molar refractivity (Wildman–Crippen MR) is 109 cm³/mol. The van der Waals surface area contributed by atoms with Crippen LogP contribution in [0.25, 0.3) is 0 Å². The van der Waals surface area contributed by atoms with Gasteiger partial charge in [0.25, 0.3) is 0 Å². The summed E-state index contributed by atoms with van der Waals surface area (Å²) in [6.07, 6.45) is 0.00624. The van der Waals surface area contributed by atoms with E-state index < -0.39 is 6.36 Å². The first-order valence-corrected chi connectivity index (χ1v) is 10.9. The van der Waals surface area contributed by atoms with Crippen LogP contribution in [0.1, 0.15) is 55.2 Å². The smallest absolute Gasteiger partial charge is 0.490 e. The predicted octanol–water partition coefficient (Wildman–Crippen LogP) is 5.49. The molecule has 3 aliphatic rings. The van der Waals surface area contributed by atoms with E-state index in [0.29, 0.717) is 12.4 Å². The quantitative estimate of drug-likeness (QED) is 0.674. The van der Waals surface area contributed by atoms with E-state index in [-0.39, 0.29) is 29.4 Å². The lowest BCUT2D eigenvalue weighted by Gasteiger charge is -2.41. The van der Waals surface area contributed by atoms with E-state index in [4.69, 9.17) is 9.47 Å². The molecule has 0 unspecified atom stereocenters. The van der Waals surface area contributed by atoms with Gasteiger partial charge in [-0.25, -0.2) is 0 Å². The molecule has 0 aromatic heterocycles. The zero-order valence-corrected chi connectivity index (χ0v) is 17.2. The highest BCUT2D eigenvalue weighted by molar-refractivity contribution is 5.44. The van der Waals surface area contributed by atoms with Gasteiger partial charge in [-0.3, -0.25) is 0 Å². The van der Waals surface area contributed by atoms with Crippen molar-refractivity contribution in [3.63, 3.8) is 0 Å². The lowest BCUT2D eigenvalue weighted by molar-refractivity contribution is -0.274. The second kappa shape index (κ2) is 8.02. The van der Waals surface area contributed by atoms with Crippen molar-refractivity contribution in [1.82, 2.24) is 5.32 Å². The molecule has 1 saturated carbocycles. The molecule has 2 saturated heterocycles. The number of ether oxygens (including phenoxy) is 3. The normalized spacial score (nSPS) is 28.6. The number of piperidine rings is 1. The Bertz CT molecular complexity index is 916. The Labute approximate surface area is 179 Å². The number of hydrogen-bond acceptors (Lipinski definition) is 4. The summed E-state index contributed by atoms with van der Waals surface area (Å²) in [7, 11) is 0. The van der Waals surface area contributed by atoms with Crippen molar-refractivity contribution >= 4 is 0 Å². The van der Waals surface area contributed by atoms with Crippen LogP contribution in [0.2, 0.25) is 0 Å². The van der Waals surface area contributed by atoms with Gasteiger partial charge in [-0.15, -0.1) is 13.2 Å². The summed E-state index contributed by atoms with van der Waals surface area (Å²) in [5, 5.41) is 3.61. The molecule has 0 amide bonds. The highest BCUT2D eigenvalue weighted by Gasteiger charge is 2.49. The largest absolute Gasteiger partial charge is 0.573 e. The van der Waals surface area contributed by atoms with Crippen molar-refractivity contribution in [1.29, 1.82) is 0 Å². The van der Waals surface area contributed by atoms with Gasteiger partial charge >= 0.3 is 6.36 Å². The summed E-state index contributed by atoms with van der Waals surface area (Å²) in [6, 6.07) is 14.7. The molecule has 1 aliphatic carbocycles. The maximum Gasteiger partial charge on any atom is 0.573 e. The van der Waals surface area contributed by atoms with Gasteiger partial charge in [0.15, 0.2) is 0 Å². The summed E-state index contributed by atoms with van der Waals surface area (Å²) < 4.78 is 55.1. The Hall–Kier alpha value is -2.25. The van der Waals surface area contributed by atoms with Crippen molar-refractivity contribution in [2.24, 2.45) is 0 Å². The van der Waals surface area contributed by atoms with Gasteiger partial charge in [0, 0.05) is 11.5 Å². The van der Waals surface area contributed by atoms with Crippen LogP contribution in [0.4, 0.5) is 13.2 Å². The van der Waals surface area contributed by atoms with E-state index >= 15 is 0 Å². The Morgan fingerprint density at radius 1 is 1.06 bits per heavy atom. The topological polar surface area (TPSA) is 39.7 Å². The van der Waals surface area contributed by atoms with Crippen LogP contribution >= 0.6 is 0 Å². The third-order valence-corrected chi connectivity index (χ3v) is 6.42. The lowest BCUT2D eigenvalue weighted by Crippen LogP contribution is -2.48. The third-order valence-electron chi connectivity index (χ3n) is 6.42. The summed E-state index contributed by atoms with van der Waals surface area (Å²) in [5.41, 5.74) is 1.52. The van der Waals surface area contributed by atoms with E-state index in [1.807, 2.05) is 18.2 Å². The van der Waals surface area contributed by atoms with Gasteiger partial charge in [-0.05, 0) is 62.4 Å². The first-order valence-electron chi connectivity index (χ1n) is 10.9. The molecule has 3 fully saturated rings.